The largest absolute Gasteiger partial charge is 0.495 e. The molecule has 0 spiro atoms. The summed E-state index contributed by atoms with van der Waals surface area (Å²) in [5.74, 6) is 1.13. The average Bonchev–Trinajstić information content (AvgIpc) is 3.43. The number of para-hydroxylation sites is 1. The van der Waals surface area contributed by atoms with Crippen LogP contribution in [0.15, 0.2) is 53.7 Å². The van der Waals surface area contributed by atoms with Crippen LogP contribution in [0.2, 0.25) is 5.02 Å². The molecule has 0 saturated heterocycles. The predicted molar refractivity (Wildman–Crippen MR) is 141 cm³/mol. The van der Waals surface area contributed by atoms with Gasteiger partial charge < -0.3 is 10.1 Å². The first kappa shape index (κ1) is 24.1. The van der Waals surface area contributed by atoms with Crippen LogP contribution in [0.1, 0.15) is 17.2 Å². The molecule has 36 heavy (non-hydrogen) atoms. The number of anilines is 1. The van der Waals surface area contributed by atoms with Crippen molar-refractivity contribution in [1.82, 2.24) is 29.4 Å². The first-order valence-electron chi connectivity index (χ1n) is 11.3. The second kappa shape index (κ2) is 10.2. The molecule has 5 aromatic rings. The number of carbonyl (C=O) groups excluding carboxylic acids is 1. The van der Waals surface area contributed by atoms with Gasteiger partial charge in [-0.15, -0.1) is 5.10 Å². The quantitative estimate of drug-likeness (QED) is 0.233. The molecule has 0 atom stereocenters. The predicted octanol–water partition coefficient (Wildman–Crippen LogP) is 4.73. The number of rotatable bonds is 8. The van der Waals surface area contributed by atoms with Crippen LogP contribution in [-0.2, 0) is 17.8 Å². The molecule has 9 nitrogen and oxygen atoms in total. The van der Waals surface area contributed by atoms with Crippen LogP contribution >= 0.6 is 23.4 Å². The molecule has 0 saturated carbocycles. The van der Waals surface area contributed by atoms with E-state index in [2.05, 4.69) is 10.4 Å². The molecule has 3 aromatic heterocycles. The fourth-order valence-corrected chi connectivity index (χ4v) is 4.89. The van der Waals surface area contributed by atoms with E-state index in [1.165, 1.54) is 11.8 Å². The summed E-state index contributed by atoms with van der Waals surface area (Å²) in [5, 5.41) is 14.1. The smallest absolute Gasteiger partial charge is 0.234 e. The van der Waals surface area contributed by atoms with Gasteiger partial charge in [-0.1, -0.05) is 35.5 Å². The minimum atomic E-state index is -0.214. The molecular weight excluding hydrogens is 498 g/mol. The van der Waals surface area contributed by atoms with E-state index < -0.39 is 0 Å². The van der Waals surface area contributed by atoms with Gasteiger partial charge in [0.15, 0.2) is 16.6 Å². The van der Waals surface area contributed by atoms with Gasteiger partial charge in [0.1, 0.15) is 5.75 Å². The summed E-state index contributed by atoms with van der Waals surface area (Å²) in [5.41, 5.74) is 4.10. The van der Waals surface area contributed by atoms with Gasteiger partial charge in [0.05, 0.1) is 29.8 Å². The number of carbonyl (C=O) groups is 1. The monoisotopic (exact) mass is 521 g/mol. The van der Waals surface area contributed by atoms with E-state index in [1.807, 2.05) is 48.9 Å². The molecule has 0 fully saturated rings. The van der Waals surface area contributed by atoms with Crippen LogP contribution in [0.25, 0.3) is 16.6 Å². The third-order valence-electron chi connectivity index (χ3n) is 5.61. The highest BCUT2D eigenvalue weighted by molar-refractivity contribution is 7.99. The summed E-state index contributed by atoms with van der Waals surface area (Å²) in [6.45, 7) is 4.69. The Hall–Kier alpha value is -3.63. The molecule has 0 bridgehead atoms. The molecule has 0 aliphatic rings. The lowest BCUT2D eigenvalue weighted by molar-refractivity contribution is -0.113. The lowest BCUT2D eigenvalue weighted by Crippen LogP contribution is -2.15. The first-order valence-corrected chi connectivity index (χ1v) is 12.7. The Balaban J connectivity index is 1.39. The third kappa shape index (κ3) is 5.00. The van der Waals surface area contributed by atoms with Gasteiger partial charge in [0.2, 0.25) is 5.91 Å². The molecule has 0 aliphatic carbocycles. The molecule has 11 heteroatoms. The molecule has 5 rings (SSSR count). The van der Waals surface area contributed by atoms with Crippen LogP contribution in [0.5, 0.6) is 5.75 Å². The Morgan fingerprint density at radius 2 is 1.94 bits per heavy atom. The average molecular weight is 522 g/mol. The number of thioether (sulfide) groups is 1. The fourth-order valence-electron chi connectivity index (χ4n) is 3.97. The van der Waals surface area contributed by atoms with Crippen molar-refractivity contribution >= 4 is 51.5 Å². The third-order valence-corrected chi connectivity index (χ3v) is 6.78. The molecule has 1 N–H and O–H groups in total. The highest BCUT2D eigenvalue weighted by atomic mass is 35.5. The Kier molecular flexibility index (Phi) is 6.80. The van der Waals surface area contributed by atoms with E-state index in [-0.39, 0.29) is 11.7 Å². The van der Waals surface area contributed by atoms with Crippen LogP contribution in [-0.4, -0.2) is 48.1 Å². The number of halogens is 1. The number of aryl methyl sites for hydroxylation is 4. The molecular formula is C25H24ClN7O2S. The number of aromatic nitrogens is 6. The van der Waals surface area contributed by atoms with Gasteiger partial charge in [-0.2, -0.15) is 9.61 Å². The van der Waals surface area contributed by atoms with Crippen LogP contribution in [0.3, 0.4) is 0 Å². The van der Waals surface area contributed by atoms with Crippen LogP contribution < -0.4 is 10.1 Å². The number of methoxy groups -OCH3 is 1. The van der Waals surface area contributed by atoms with Gasteiger partial charge in [0.25, 0.3) is 0 Å². The number of nitrogens with zero attached hydrogens (tertiary/aromatic N) is 6. The van der Waals surface area contributed by atoms with Crippen LogP contribution in [0, 0.1) is 13.8 Å². The van der Waals surface area contributed by atoms with Gasteiger partial charge >= 0.3 is 0 Å². The Labute approximate surface area is 216 Å². The number of nitrogens with one attached hydrogen (secondary N) is 1. The van der Waals surface area contributed by atoms with E-state index in [1.54, 1.807) is 29.8 Å². The van der Waals surface area contributed by atoms with Gasteiger partial charge in [0, 0.05) is 29.1 Å². The molecule has 184 valence electrons. The highest BCUT2D eigenvalue weighted by Gasteiger charge is 2.16. The van der Waals surface area contributed by atoms with Crippen molar-refractivity contribution in [1.29, 1.82) is 0 Å². The van der Waals surface area contributed by atoms with E-state index in [9.17, 15) is 4.79 Å². The standard InChI is InChI=1S/C25H24ClN7O2S/c1-15-12-16(2)32(30-15)11-10-22-29-24-18-6-4-5-7-19(18)28-25(33(24)31-22)36-14-23(34)27-20-13-17(26)8-9-21(20)35-3/h4-9,12-13H,10-11,14H2,1-3H3,(H,27,34). The van der Waals surface area contributed by atoms with E-state index >= 15 is 0 Å². The zero-order valence-electron chi connectivity index (χ0n) is 20.0. The lowest BCUT2D eigenvalue weighted by Gasteiger charge is -2.10. The second-order valence-electron chi connectivity index (χ2n) is 8.26. The van der Waals surface area contributed by atoms with Crippen molar-refractivity contribution < 1.29 is 9.53 Å². The maximum Gasteiger partial charge on any atom is 0.234 e. The summed E-state index contributed by atoms with van der Waals surface area (Å²) >= 11 is 7.37. The highest BCUT2D eigenvalue weighted by Crippen LogP contribution is 2.29. The number of ether oxygens (including phenoxy) is 1. The van der Waals surface area contributed by atoms with Crippen molar-refractivity contribution in [2.45, 2.75) is 32.0 Å². The fraction of sp³-hybridized carbons (Fsp3) is 0.240. The first-order chi connectivity index (χ1) is 17.4. The van der Waals surface area contributed by atoms with Crippen LogP contribution in [0.4, 0.5) is 5.69 Å². The van der Waals surface area contributed by atoms with E-state index in [0.29, 0.717) is 46.1 Å². The Morgan fingerprint density at radius 1 is 1.11 bits per heavy atom. The van der Waals surface area contributed by atoms with Crippen molar-refractivity contribution in [3.63, 3.8) is 0 Å². The summed E-state index contributed by atoms with van der Waals surface area (Å²) in [7, 11) is 1.54. The zero-order valence-corrected chi connectivity index (χ0v) is 21.6. The summed E-state index contributed by atoms with van der Waals surface area (Å²) in [6.07, 6.45) is 0.622. The number of amides is 1. The molecule has 3 heterocycles. The molecule has 0 unspecified atom stereocenters. The van der Waals surface area contributed by atoms with Crippen molar-refractivity contribution in [2.75, 3.05) is 18.2 Å². The number of fused-ring (bicyclic) bond motifs is 3. The molecule has 0 aliphatic heterocycles. The van der Waals surface area contributed by atoms with Crippen molar-refractivity contribution in [3.8, 4) is 5.75 Å². The van der Waals surface area contributed by atoms with Gasteiger partial charge in [-0.3, -0.25) is 9.48 Å². The molecule has 0 radical (unpaired) electrons. The number of benzene rings is 2. The molecule has 2 aromatic carbocycles. The van der Waals surface area contributed by atoms with Crippen molar-refractivity contribution in [2.24, 2.45) is 0 Å². The summed E-state index contributed by atoms with van der Waals surface area (Å²) in [4.78, 5) is 22.3. The van der Waals surface area contributed by atoms with E-state index in [0.717, 1.165) is 22.3 Å². The second-order valence-corrected chi connectivity index (χ2v) is 9.64. The maximum absolute atomic E-state index is 12.8. The van der Waals surface area contributed by atoms with Gasteiger partial charge in [-0.05, 0) is 50.2 Å². The summed E-state index contributed by atoms with van der Waals surface area (Å²) < 4.78 is 8.99. The molecule has 1 amide bonds. The lowest BCUT2D eigenvalue weighted by atomic mass is 10.2. The normalized spacial score (nSPS) is 11.3. The topological polar surface area (TPSA) is 99.2 Å². The Bertz CT molecular complexity index is 1580. The maximum atomic E-state index is 12.8. The SMILES string of the molecule is COc1ccc(Cl)cc1NC(=O)CSc1nc2ccccc2c2nc(CCn3nc(C)cc3C)nn12. The number of hydrogen-bond acceptors (Lipinski definition) is 7. The van der Waals surface area contributed by atoms with Crippen molar-refractivity contribution in [3.05, 3.63) is 70.8 Å². The minimum Gasteiger partial charge on any atom is -0.495 e. The van der Waals surface area contributed by atoms with E-state index in [4.69, 9.17) is 31.4 Å². The number of hydrogen-bond donors (Lipinski definition) is 1. The Morgan fingerprint density at radius 3 is 2.72 bits per heavy atom. The minimum absolute atomic E-state index is 0.122. The summed E-state index contributed by atoms with van der Waals surface area (Å²) in [6, 6.07) is 14.9. The zero-order chi connectivity index (χ0) is 25.2. The van der Waals surface area contributed by atoms with Gasteiger partial charge in [-0.25, -0.2) is 9.97 Å².